The molecule has 0 fully saturated rings. The second-order valence-corrected chi connectivity index (χ2v) is 2.73. The third-order valence-electron chi connectivity index (χ3n) is 1.76. The summed E-state index contributed by atoms with van der Waals surface area (Å²) < 4.78 is 4.66. The van der Waals surface area contributed by atoms with Crippen LogP contribution in [0.3, 0.4) is 0 Å². The maximum Gasteiger partial charge on any atom is 0.192 e. The average molecular weight is 219 g/mol. The minimum Gasteiger partial charge on any atom is -0.394 e. The Balaban J connectivity index is 4.42. The number of ether oxygens (including phenoxy) is 1. The van der Waals surface area contributed by atoms with Crippen LogP contribution in [-0.4, -0.2) is 59.7 Å². The molecule has 0 aliphatic carbocycles. The number of methoxy groups -OCH3 is 1. The molecule has 3 atom stereocenters. The van der Waals surface area contributed by atoms with Gasteiger partial charge in [-0.3, -0.25) is 4.79 Å². The minimum absolute atomic E-state index is 0.277. The fourth-order valence-electron chi connectivity index (χ4n) is 0.871. The predicted molar refractivity (Wildman–Crippen MR) is 48.9 cm³/mol. The van der Waals surface area contributed by atoms with Crippen LogP contribution >= 0.6 is 0 Å². The van der Waals surface area contributed by atoms with Crippen molar-refractivity contribution in [2.24, 2.45) is 5.11 Å². The smallest absolute Gasteiger partial charge is 0.192 e. The van der Waals surface area contributed by atoms with Gasteiger partial charge in [0.1, 0.15) is 18.3 Å². The van der Waals surface area contributed by atoms with Gasteiger partial charge in [-0.25, -0.2) is 0 Å². The second kappa shape index (κ2) is 7.16. The summed E-state index contributed by atoms with van der Waals surface area (Å²) in [4.78, 5) is 13.8. The molecule has 0 amide bonds. The van der Waals surface area contributed by atoms with E-state index >= 15 is 0 Å². The second-order valence-electron chi connectivity index (χ2n) is 2.73. The number of hydrogen-bond acceptors (Lipinski definition) is 6. The molecule has 0 aliphatic rings. The highest BCUT2D eigenvalue weighted by Crippen LogP contribution is 2.02. The van der Waals surface area contributed by atoms with Gasteiger partial charge in [-0.2, -0.15) is 0 Å². The van der Waals surface area contributed by atoms with Gasteiger partial charge in [0.25, 0.3) is 0 Å². The van der Waals surface area contributed by atoms with Crippen molar-refractivity contribution in [1.29, 1.82) is 0 Å². The van der Waals surface area contributed by atoms with Crippen LogP contribution in [0, 0.1) is 0 Å². The summed E-state index contributed by atoms with van der Waals surface area (Å²) in [5, 5.41) is 29.8. The number of aliphatic hydroxyl groups is 3. The summed E-state index contributed by atoms with van der Waals surface area (Å²) in [7, 11) is 1.20. The first-order valence-electron chi connectivity index (χ1n) is 4.12. The van der Waals surface area contributed by atoms with Gasteiger partial charge in [0.2, 0.25) is 0 Å². The number of hydrogen-bond donors (Lipinski definition) is 3. The molecule has 0 aromatic carbocycles. The quantitative estimate of drug-likeness (QED) is 0.274. The van der Waals surface area contributed by atoms with Crippen molar-refractivity contribution in [3.8, 4) is 0 Å². The molecular formula is C7H13N3O5. The van der Waals surface area contributed by atoms with Crippen molar-refractivity contribution in [3.05, 3.63) is 10.4 Å². The molecule has 0 heterocycles. The summed E-state index contributed by atoms with van der Waals surface area (Å²) in [5.41, 5.74) is 8.03. The highest BCUT2D eigenvalue weighted by molar-refractivity contribution is 5.88. The molecule has 86 valence electrons. The summed E-state index contributed by atoms with van der Waals surface area (Å²) in [6.07, 6.45) is -4.45. The Morgan fingerprint density at radius 3 is 2.60 bits per heavy atom. The number of Topliss-reactive ketones (excluding diaryl/α,β-unsaturated/α-hetero) is 1. The third kappa shape index (κ3) is 4.24. The van der Waals surface area contributed by atoms with E-state index in [4.69, 9.17) is 15.7 Å². The molecule has 0 aliphatic heterocycles. The van der Waals surface area contributed by atoms with Gasteiger partial charge in [-0.05, 0) is 5.53 Å². The topological polar surface area (TPSA) is 136 Å². The van der Waals surface area contributed by atoms with Crippen LogP contribution in [0.5, 0.6) is 0 Å². The lowest BCUT2D eigenvalue weighted by Crippen LogP contribution is -2.43. The van der Waals surface area contributed by atoms with E-state index in [0.717, 1.165) is 0 Å². The maximum atomic E-state index is 11.4. The Labute approximate surface area is 85.7 Å². The monoisotopic (exact) mass is 219 g/mol. The highest BCUT2D eigenvalue weighted by atomic mass is 16.5. The molecule has 3 N–H and O–H groups in total. The van der Waals surface area contributed by atoms with E-state index in [9.17, 15) is 9.90 Å². The highest BCUT2D eigenvalue weighted by Gasteiger charge is 2.29. The van der Waals surface area contributed by atoms with Gasteiger partial charge < -0.3 is 20.1 Å². The lowest BCUT2D eigenvalue weighted by Gasteiger charge is -2.18. The van der Waals surface area contributed by atoms with E-state index in [2.05, 4.69) is 14.8 Å². The molecule has 0 saturated carbocycles. The van der Waals surface area contributed by atoms with Crippen LogP contribution in [0.4, 0.5) is 0 Å². The van der Waals surface area contributed by atoms with Crippen LogP contribution < -0.4 is 0 Å². The zero-order valence-electron chi connectivity index (χ0n) is 8.15. The Bertz CT molecular complexity index is 253. The van der Waals surface area contributed by atoms with E-state index < -0.39 is 30.7 Å². The summed E-state index contributed by atoms with van der Waals surface area (Å²) in [6, 6.07) is 0. The van der Waals surface area contributed by atoms with E-state index in [0.29, 0.717) is 0 Å². The zero-order chi connectivity index (χ0) is 11.8. The van der Waals surface area contributed by atoms with Gasteiger partial charge in [0.05, 0.1) is 13.2 Å². The number of carbonyl (C=O) groups excluding carboxylic acids is 1. The molecule has 0 radical (unpaired) electrons. The largest absolute Gasteiger partial charge is 0.394 e. The van der Waals surface area contributed by atoms with Gasteiger partial charge in [0, 0.05) is 12.0 Å². The minimum atomic E-state index is -1.76. The lowest BCUT2D eigenvalue weighted by atomic mass is 10.1. The standard InChI is InChI=1S/C7H13N3O5/c1-15-5(2-9-10-8)7(14)6(13)4(12)3-11/h4-6,11-13H,2-3H2,1H3. The summed E-state index contributed by atoms with van der Waals surface area (Å²) >= 11 is 0. The van der Waals surface area contributed by atoms with Gasteiger partial charge in [0.15, 0.2) is 5.78 Å². The Morgan fingerprint density at radius 2 is 2.20 bits per heavy atom. The first-order valence-corrected chi connectivity index (χ1v) is 4.12. The SMILES string of the molecule is COC(CN=[N+]=[N-])C(=O)C(O)C(O)CO. The summed E-state index contributed by atoms with van der Waals surface area (Å²) in [6.45, 7) is -1.02. The van der Waals surface area contributed by atoms with E-state index in [1.54, 1.807) is 0 Å². The van der Waals surface area contributed by atoms with Crippen LogP contribution in [0.1, 0.15) is 0 Å². The van der Waals surface area contributed by atoms with Crippen molar-refractivity contribution in [2.75, 3.05) is 20.3 Å². The average Bonchev–Trinajstić information content (AvgIpc) is 2.27. The zero-order valence-corrected chi connectivity index (χ0v) is 8.15. The van der Waals surface area contributed by atoms with E-state index in [-0.39, 0.29) is 6.54 Å². The number of ketones is 1. The molecular weight excluding hydrogens is 206 g/mol. The Morgan fingerprint density at radius 1 is 1.60 bits per heavy atom. The van der Waals surface area contributed by atoms with Crippen molar-refractivity contribution in [2.45, 2.75) is 18.3 Å². The molecule has 0 rings (SSSR count). The molecule has 15 heavy (non-hydrogen) atoms. The number of rotatable bonds is 7. The van der Waals surface area contributed by atoms with Crippen molar-refractivity contribution in [1.82, 2.24) is 0 Å². The van der Waals surface area contributed by atoms with Crippen LogP contribution in [-0.2, 0) is 9.53 Å². The number of aliphatic hydroxyl groups excluding tert-OH is 3. The number of nitrogens with zero attached hydrogens (tertiary/aromatic N) is 3. The predicted octanol–water partition coefficient (Wildman–Crippen LogP) is -1.41. The van der Waals surface area contributed by atoms with E-state index in [1.165, 1.54) is 7.11 Å². The molecule has 3 unspecified atom stereocenters. The third-order valence-corrected chi connectivity index (χ3v) is 1.76. The molecule has 0 aromatic rings. The van der Waals surface area contributed by atoms with Crippen LogP contribution in [0.15, 0.2) is 5.11 Å². The number of carbonyl (C=O) groups is 1. The molecule has 0 bridgehead atoms. The van der Waals surface area contributed by atoms with Crippen molar-refractivity contribution >= 4 is 5.78 Å². The normalized spacial score (nSPS) is 16.3. The number of azide groups is 1. The molecule has 0 saturated heterocycles. The van der Waals surface area contributed by atoms with Gasteiger partial charge in [-0.1, -0.05) is 5.11 Å². The molecule has 0 spiro atoms. The molecule has 8 heteroatoms. The lowest BCUT2D eigenvalue weighted by molar-refractivity contribution is -0.144. The Hall–Kier alpha value is -1.18. The first-order chi connectivity index (χ1) is 7.08. The van der Waals surface area contributed by atoms with Crippen molar-refractivity contribution in [3.63, 3.8) is 0 Å². The van der Waals surface area contributed by atoms with E-state index in [1.807, 2.05) is 0 Å². The van der Waals surface area contributed by atoms with Crippen LogP contribution in [0.25, 0.3) is 10.4 Å². The van der Waals surface area contributed by atoms with Gasteiger partial charge >= 0.3 is 0 Å². The van der Waals surface area contributed by atoms with Gasteiger partial charge in [-0.15, -0.1) is 0 Å². The molecule has 8 nitrogen and oxygen atoms in total. The fraction of sp³-hybridized carbons (Fsp3) is 0.857. The fourth-order valence-corrected chi connectivity index (χ4v) is 0.871. The Kier molecular flexibility index (Phi) is 6.59. The maximum absolute atomic E-state index is 11.4. The molecule has 0 aromatic heterocycles. The van der Waals surface area contributed by atoms with Crippen molar-refractivity contribution < 1.29 is 24.9 Å². The summed E-state index contributed by atoms with van der Waals surface area (Å²) in [5.74, 6) is -0.841. The first kappa shape index (κ1) is 13.8. The van der Waals surface area contributed by atoms with Crippen LogP contribution in [0.2, 0.25) is 0 Å².